The summed E-state index contributed by atoms with van der Waals surface area (Å²) in [5.41, 5.74) is 9.21. The lowest BCUT2D eigenvalue weighted by molar-refractivity contribution is 0.367. The average Bonchev–Trinajstić information content (AvgIpc) is 2.98. The number of hydrogen-bond acceptors (Lipinski definition) is 4. The van der Waals surface area contributed by atoms with E-state index in [2.05, 4.69) is 11.2 Å². The lowest BCUT2D eigenvalue weighted by atomic mass is 9.84. The van der Waals surface area contributed by atoms with Crippen LogP contribution in [0.4, 0.5) is 0 Å². The number of hydrogen-bond donors (Lipinski definition) is 1. The molecule has 0 spiro atoms. The van der Waals surface area contributed by atoms with Crippen LogP contribution in [-0.2, 0) is 0 Å². The molecule has 1 aliphatic rings. The Bertz CT molecular complexity index is 1090. The van der Waals surface area contributed by atoms with Gasteiger partial charge in [0.2, 0.25) is 11.8 Å². The predicted octanol–water partition coefficient (Wildman–Crippen LogP) is 4.71. The highest BCUT2D eigenvalue weighted by Gasteiger charge is 2.38. The Balaban J connectivity index is 2.02. The van der Waals surface area contributed by atoms with Crippen LogP contribution in [0.3, 0.4) is 0 Å². The largest absolute Gasteiger partial charge is 0.422 e. The number of halogens is 2. The molecule has 1 aliphatic heterocycles. The zero-order valence-electron chi connectivity index (χ0n) is 14.3. The highest BCUT2D eigenvalue weighted by molar-refractivity contribution is 6.36. The standard InChI is InChI=1S/C20H14Cl2N4O/c1-11-16-17(18-14(21)8-5-9-15(18)22)13(10-23)19(24)27-20(16)26(25-11)12-6-3-2-4-7-12/h2-9,17H,24H2,1H3/t17-/m1/s1. The molecule has 0 unspecified atom stereocenters. The maximum Gasteiger partial charge on any atom is 0.229 e. The van der Waals surface area contributed by atoms with Crippen molar-refractivity contribution < 1.29 is 4.74 Å². The van der Waals surface area contributed by atoms with Gasteiger partial charge in [0.1, 0.15) is 11.6 Å². The van der Waals surface area contributed by atoms with Crippen LogP contribution in [0.5, 0.6) is 5.88 Å². The topological polar surface area (TPSA) is 76.9 Å². The van der Waals surface area contributed by atoms with Crippen molar-refractivity contribution in [2.24, 2.45) is 5.73 Å². The first-order valence-corrected chi connectivity index (χ1v) is 8.95. The van der Waals surface area contributed by atoms with Crippen LogP contribution < -0.4 is 10.5 Å². The fraction of sp³-hybridized carbons (Fsp3) is 0.100. The minimum atomic E-state index is -0.558. The van der Waals surface area contributed by atoms with E-state index in [1.54, 1.807) is 22.9 Å². The molecule has 134 valence electrons. The van der Waals surface area contributed by atoms with Crippen molar-refractivity contribution >= 4 is 23.2 Å². The van der Waals surface area contributed by atoms with Crippen molar-refractivity contribution in [3.05, 3.63) is 86.9 Å². The molecule has 2 heterocycles. The van der Waals surface area contributed by atoms with Gasteiger partial charge in [-0.25, -0.2) is 4.68 Å². The number of nitrogens with two attached hydrogens (primary N) is 1. The van der Waals surface area contributed by atoms with Crippen LogP contribution in [-0.4, -0.2) is 9.78 Å². The molecule has 0 radical (unpaired) electrons. The second-order valence-electron chi connectivity index (χ2n) is 6.11. The molecular formula is C20H14Cl2N4O. The summed E-state index contributed by atoms with van der Waals surface area (Å²) in [7, 11) is 0. The molecule has 7 heteroatoms. The maximum absolute atomic E-state index is 9.73. The average molecular weight is 397 g/mol. The smallest absolute Gasteiger partial charge is 0.229 e. The zero-order chi connectivity index (χ0) is 19.1. The molecule has 2 aromatic carbocycles. The fourth-order valence-electron chi connectivity index (χ4n) is 3.33. The first-order chi connectivity index (χ1) is 13.0. The molecule has 0 bridgehead atoms. The molecule has 2 N–H and O–H groups in total. The van der Waals surface area contributed by atoms with Crippen LogP contribution in [0.2, 0.25) is 10.0 Å². The third-order valence-corrected chi connectivity index (χ3v) is 5.18. The number of fused-ring (bicyclic) bond motifs is 1. The Kier molecular flexibility index (Phi) is 4.31. The summed E-state index contributed by atoms with van der Waals surface area (Å²) in [5.74, 6) is -0.0864. The van der Waals surface area contributed by atoms with E-state index in [1.807, 2.05) is 37.3 Å². The van der Waals surface area contributed by atoms with Gasteiger partial charge in [-0.15, -0.1) is 0 Å². The lowest BCUT2D eigenvalue weighted by Crippen LogP contribution is -2.22. The van der Waals surface area contributed by atoms with E-state index in [1.165, 1.54) is 0 Å². The third-order valence-electron chi connectivity index (χ3n) is 4.52. The second-order valence-corrected chi connectivity index (χ2v) is 6.93. The second kappa shape index (κ2) is 6.66. The summed E-state index contributed by atoms with van der Waals surface area (Å²) in [6, 6.07) is 16.9. The Labute approximate surface area is 166 Å². The highest BCUT2D eigenvalue weighted by atomic mass is 35.5. The number of nitrogens with zero attached hydrogens (tertiary/aromatic N) is 3. The van der Waals surface area contributed by atoms with Crippen LogP contribution in [0.15, 0.2) is 60.0 Å². The normalized spacial score (nSPS) is 15.9. The van der Waals surface area contributed by atoms with Crippen molar-refractivity contribution in [3.8, 4) is 17.6 Å². The number of para-hydroxylation sites is 1. The molecule has 1 aromatic heterocycles. The number of allylic oxidation sites excluding steroid dienone is 1. The molecule has 0 fully saturated rings. The van der Waals surface area contributed by atoms with Crippen LogP contribution in [0.1, 0.15) is 22.7 Å². The quantitative estimate of drug-likeness (QED) is 0.680. The molecule has 3 aromatic rings. The Morgan fingerprint density at radius 1 is 1.07 bits per heavy atom. The molecule has 0 saturated heterocycles. The van der Waals surface area contributed by atoms with E-state index in [-0.39, 0.29) is 11.5 Å². The fourth-order valence-corrected chi connectivity index (χ4v) is 3.95. The molecule has 0 amide bonds. The predicted molar refractivity (Wildman–Crippen MR) is 104 cm³/mol. The molecule has 5 nitrogen and oxygen atoms in total. The van der Waals surface area contributed by atoms with Gasteiger partial charge < -0.3 is 10.5 Å². The third kappa shape index (κ3) is 2.74. The van der Waals surface area contributed by atoms with Crippen LogP contribution in [0.25, 0.3) is 5.69 Å². The summed E-state index contributed by atoms with van der Waals surface area (Å²) in [6.45, 7) is 1.86. The molecule has 1 atom stereocenters. The zero-order valence-corrected chi connectivity index (χ0v) is 15.8. The first-order valence-electron chi connectivity index (χ1n) is 8.19. The number of rotatable bonds is 2. The molecule has 4 rings (SSSR count). The number of aromatic nitrogens is 2. The lowest BCUT2D eigenvalue weighted by Gasteiger charge is -2.26. The maximum atomic E-state index is 9.73. The van der Waals surface area contributed by atoms with Gasteiger partial charge in [-0.05, 0) is 31.2 Å². The molecular weight excluding hydrogens is 383 g/mol. The van der Waals surface area contributed by atoms with Crippen molar-refractivity contribution in [3.63, 3.8) is 0 Å². The Morgan fingerprint density at radius 3 is 2.37 bits per heavy atom. The molecule has 27 heavy (non-hydrogen) atoms. The number of benzene rings is 2. The van der Waals surface area contributed by atoms with Gasteiger partial charge in [0.25, 0.3) is 0 Å². The summed E-state index contributed by atoms with van der Waals surface area (Å²) >= 11 is 12.9. The van der Waals surface area contributed by atoms with Gasteiger partial charge in [0.05, 0.1) is 22.9 Å². The van der Waals surface area contributed by atoms with Crippen molar-refractivity contribution in [2.45, 2.75) is 12.8 Å². The number of nitriles is 1. The first kappa shape index (κ1) is 17.5. The van der Waals surface area contributed by atoms with Gasteiger partial charge in [-0.1, -0.05) is 47.5 Å². The van der Waals surface area contributed by atoms with Crippen molar-refractivity contribution in [1.82, 2.24) is 9.78 Å². The number of ether oxygens (including phenoxy) is 1. The van der Waals surface area contributed by atoms with Gasteiger partial charge in [-0.3, -0.25) is 0 Å². The van der Waals surface area contributed by atoms with Crippen LogP contribution in [0, 0.1) is 18.3 Å². The number of aryl methyl sites for hydroxylation is 1. The van der Waals surface area contributed by atoms with E-state index >= 15 is 0 Å². The van der Waals surface area contributed by atoms with E-state index < -0.39 is 5.92 Å². The van der Waals surface area contributed by atoms with Gasteiger partial charge >= 0.3 is 0 Å². The van der Waals surface area contributed by atoms with Crippen LogP contribution >= 0.6 is 23.2 Å². The Morgan fingerprint density at radius 2 is 1.74 bits per heavy atom. The van der Waals surface area contributed by atoms with Gasteiger partial charge in [0, 0.05) is 15.6 Å². The minimum Gasteiger partial charge on any atom is -0.422 e. The SMILES string of the molecule is Cc1nn(-c2ccccc2)c2c1[C@H](c1c(Cl)cccc1Cl)C(C#N)=C(N)O2. The van der Waals surface area contributed by atoms with Gasteiger partial charge in [-0.2, -0.15) is 10.4 Å². The van der Waals surface area contributed by atoms with E-state index in [0.717, 1.165) is 11.3 Å². The van der Waals surface area contributed by atoms with Crippen molar-refractivity contribution in [1.29, 1.82) is 5.26 Å². The summed E-state index contributed by atoms with van der Waals surface area (Å²) in [5, 5.41) is 15.3. The molecule has 0 aliphatic carbocycles. The van der Waals surface area contributed by atoms with Gasteiger partial charge in [0.15, 0.2) is 0 Å². The summed E-state index contributed by atoms with van der Waals surface area (Å²) in [4.78, 5) is 0. The Hall–Kier alpha value is -2.94. The minimum absolute atomic E-state index is 0.0167. The van der Waals surface area contributed by atoms with E-state index in [4.69, 9.17) is 33.7 Å². The van der Waals surface area contributed by atoms with E-state index in [9.17, 15) is 5.26 Å². The van der Waals surface area contributed by atoms with Crippen molar-refractivity contribution in [2.75, 3.05) is 0 Å². The van der Waals surface area contributed by atoms with E-state index in [0.29, 0.717) is 27.2 Å². The summed E-state index contributed by atoms with van der Waals surface area (Å²) < 4.78 is 7.49. The highest BCUT2D eigenvalue weighted by Crippen LogP contribution is 2.48. The monoisotopic (exact) mass is 396 g/mol. The summed E-state index contributed by atoms with van der Waals surface area (Å²) in [6.07, 6.45) is 0. The molecule has 0 saturated carbocycles.